The number of benzene rings is 2. The average Bonchev–Trinajstić information content (AvgIpc) is 3.11. The third-order valence-electron chi connectivity index (χ3n) is 3.80. The molecular weight excluding hydrogens is 411 g/mol. The van der Waals surface area contributed by atoms with Crippen LogP contribution in [0.1, 0.15) is 5.56 Å². The summed E-state index contributed by atoms with van der Waals surface area (Å²) in [6.07, 6.45) is 1.66. The molecule has 0 spiro atoms. The number of halogens is 2. The highest BCUT2D eigenvalue weighted by Gasteiger charge is 2.13. The summed E-state index contributed by atoms with van der Waals surface area (Å²) in [6.45, 7) is -0.553. The van der Waals surface area contributed by atoms with Gasteiger partial charge in [0.1, 0.15) is 0 Å². The maximum atomic E-state index is 12.8. The molecule has 0 aliphatic heterocycles. The molecule has 0 radical (unpaired) electrons. The first-order chi connectivity index (χ1) is 12.9. The van der Waals surface area contributed by atoms with Crippen LogP contribution in [0.2, 0.25) is 10.0 Å². The van der Waals surface area contributed by atoms with Gasteiger partial charge >= 0.3 is 5.97 Å². The van der Waals surface area contributed by atoms with Gasteiger partial charge in [-0.25, -0.2) is 14.2 Å². The lowest BCUT2D eigenvalue weighted by Gasteiger charge is -2.08. The van der Waals surface area contributed by atoms with Crippen LogP contribution in [-0.2, 0) is 4.79 Å². The van der Waals surface area contributed by atoms with Crippen molar-refractivity contribution in [3.8, 4) is 5.75 Å². The number of aromatic nitrogens is 2. The summed E-state index contributed by atoms with van der Waals surface area (Å²) >= 11 is 13.6. The van der Waals surface area contributed by atoms with Crippen LogP contribution in [0.25, 0.3) is 22.1 Å². The number of rotatable bonds is 4. The predicted octanol–water partition coefficient (Wildman–Crippen LogP) is 3.23. The van der Waals surface area contributed by atoms with Crippen molar-refractivity contribution in [3.63, 3.8) is 0 Å². The summed E-state index contributed by atoms with van der Waals surface area (Å²) in [5.74, 6) is -1.05. The molecule has 0 aliphatic carbocycles. The lowest BCUT2D eigenvalue weighted by molar-refractivity contribution is -0.139. The molecule has 4 rings (SSSR count). The number of aliphatic carboxylic acids is 1. The van der Waals surface area contributed by atoms with E-state index in [1.807, 2.05) is 24.3 Å². The van der Waals surface area contributed by atoms with E-state index in [2.05, 4.69) is 4.98 Å². The van der Waals surface area contributed by atoms with Crippen molar-refractivity contribution < 1.29 is 14.6 Å². The molecule has 6 nitrogen and oxygen atoms in total. The Morgan fingerprint density at radius 3 is 2.67 bits per heavy atom. The van der Waals surface area contributed by atoms with Gasteiger partial charge in [-0.2, -0.15) is 0 Å². The maximum Gasteiger partial charge on any atom is 0.341 e. The maximum absolute atomic E-state index is 12.8. The van der Waals surface area contributed by atoms with E-state index in [1.165, 1.54) is 11.3 Å². The molecule has 27 heavy (non-hydrogen) atoms. The molecule has 2 heterocycles. The predicted molar refractivity (Wildman–Crippen MR) is 105 cm³/mol. The van der Waals surface area contributed by atoms with E-state index in [9.17, 15) is 9.59 Å². The van der Waals surface area contributed by atoms with Gasteiger partial charge in [0.25, 0.3) is 5.56 Å². The molecule has 9 heteroatoms. The van der Waals surface area contributed by atoms with Gasteiger partial charge in [0, 0.05) is 0 Å². The van der Waals surface area contributed by atoms with Gasteiger partial charge in [-0.05, 0) is 35.9 Å². The highest BCUT2D eigenvalue weighted by molar-refractivity contribution is 7.15. The molecule has 0 unspecified atom stereocenters. The third kappa shape index (κ3) is 3.25. The zero-order valence-corrected chi connectivity index (χ0v) is 15.8. The first-order valence-electron chi connectivity index (χ1n) is 7.69. The van der Waals surface area contributed by atoms with Crippen LogP contribution in [0.4, 0.5) is 0 Å². The highest BCUT2D eigenvalue weighted by Crippen LogP contribution is 2.34. The second kappa shape index (κ2) is 6.84. The van der Waals surface area contributed by atoms with Gasteiger partial charge in [0.05, 0.1) is 25.6 Å². The zero-order chi connectivity index (χ0) is 19.1. The first-order valence-corrected chi connectivity index (χ1v) is 9.26. The Morgan fingerprint density at radius 1 is 1.26 bits per heavy atom. The van der Waals surface area contributed by atoms with Gasteiger partial charge in [0.15, 0.2) is 17.3 Å². The van der Waals surface area contributed by atoms with E-state index in [0.29, 0.717) is 15.1 Å². The number of hydrogen-bond donors (Lipinski definition) is 1. The summed E-state index contributed by atoms with van der Waals surface area (Å²) < 4.78 is 7.14. The summed E-state index contributed by atoms with van der Waals surface area (Å²) in [6, 6.07) is 10.5. The quantitative estimate of drug-likeness (QED) is 0.547. The van der Waals surface area contributed by atoms with Crippen molar-refractivity contribution in [1.29, 1.82) is 0 Å². The molecule has 136 valence electrons. The Morgan fingerprint density at radius 2 is 1.96 bits per heavy atom. The van der Waals surface area contributed by atoms with Crippen molar-refractivity contribution >= 4 is 62.6 Å². The molecule has 0 saturated carbocycles. The van der Waals surface area contributed by atoms with Crippen molar-refractivity contribution in [2.75, 3.05) is 6.61 Å². The number of carboxylic acids is 1. The van der Waals surface area contributed by atoms with Crippen molar-refractivity contribution in [2.45, 2.75) is 0 Å². The van der Waals surface area contributed by atoms with E-state index < -0.39 is 12.6 Å². The lowest BCUT2D eigenvalue weighted by atomic mass is 10.2. The molecule has 0 bridgehead atoms. The number of fused-ring (bicyclic) bond motifs is 3. The van der Waals surface area contributed by atoms with Crippen molar-refractivity contribution in [3.05, 3.63) is 66.9 Å². The second-order valence-electron chi connectivity index (χ2n) is 5.63. The summed E-state index contributed by atoms with van der Waals surface area (Å²) in [4.78, 5) is 28.5. The number of para-hydroxylation sites is 2. The van der Waals surface area contributed by atoms with Crippen LogP contribution >= 0.6 is 34.5 Å². The Bertz CT molecular complexity index is 1290. The Kier molecular flexibility index (Phi) is 4.51. The van der Waals surface area contributed by atoms with E-state index in [1.54, 1.807) is 22.6 Å². The summed E-state index contributed by atoms with van der Waals surface area (Å²) in [5, 5.41) is 9.02. The van der Waals surface area contributed by atoms with E-state index in [0.717, 1.165) is 11.0 Å². The normalized spacial score (nSPS) is 12.1. The molecule has 0 fully saturated rings. The molecule has 1 N–H and O–H groups in total. The standard InChI is InChI=1S/C18H10Cl2N2O4S/c19-10-5-9(6-11(20)16(10)26-8-15(23)24)7-14-17(25)22-13-4-2-1-3-12(13)21-18(22)27-14/h1-7H,8H2,(H,23,24)/b14-7+. The first kappa shape index (κ1) is 17.8. The van der Waals surface area contributed by atoms with Crippen LogP contribution in [-0.4, -0.2) is 27.1 Å². The molecule has 0 aliphatic rings. The minimum atomic E-state index is -1.14. The fourth-order valence-electron chi connectivity index (χ4n) is 2.70. The largest absolute Gasteiger partial charge is 0.479 e. The molecule has 2 aromatic carbocycles. The number of carbonyl (C=O) groups is 1. The van der Waals surface area contributed by atoms with Gasteiger partial charge < -0.3 is 9.84 Å². The van der Waals surface area contributed by atoms with E-state index in [-0.39, 0.29) is 21.4 Å². The van der Waals surface area contributed by atoms with Crippen LogP contribution in [0.3, 0.4) is 0 Å². The monoisotopic (exact) mass is 420 g/mol. The SMILES string of the molecule is O=C(O)COc1c(Cl)cc(/C=c2/sc3nc4ccccc4n3c2=O)cc1Cl. The van der Waals surface area contributed by atoms with Crippen LogP contribution < -0.4 is 14.8 Å². The number of carboxylic acid groups (broad SMARTS) is 1. The molecule has 2 aromatic heterocycles. The molecule has 0 saturated heterocycles. The average molecular weight is 421 g/mol. The van der Waals surface area contributed by atoms with Gasteiger partial charge in [-0.3, -0.25) is 4.79 Å². The second-order valence-corrected chi connectivity index (χ2v) is 7.45. The topological polar surface area (TPSA) is 80.9 Å². The molecular formula is C18H10Cl2N2O4S. The number of nitrogens with zero attached hydrogens (tertiary/aromatic N) is 2. The zero-order valence-electron chi connectivity index (χ0n) is 13.5. The number of ether oxygens (including phenoxy) is 1. The molecule has 0 amide bonds. The van der Waals surface area contributed by atoms with Crippen LogP contribution in [0.5, 0.6) is 5.75 Å². The Labute approximate surface area is 165 Å². The smallest absolute Gasteiger partial charge is 0.341 e. The molecule has 0 atom stereocenters. The Hall–Kier alpha value is -2.61. The summed E-state index contributed by atoms with van der Waals surface area (Å²) in [5.41, 5.74) is 1.93. The number of imidazole rings is 1. The van der Waals surface area contributed by atoms with Crippen LogP contribution in [0.15, 0.2) is 41.2 Å². The van der Waals surface area contributed by atoms with Crippen LogP contribution in [0, 0.1) is 0 Å². The van der Waals surface area contributed by atoms with Gasteiger partial charge in [0.2, 0.25) is 0 Å². The van der Waals surface area contributed by atoms with E-state index in [4.69, 9.17) is 33.0 Å². The molecule has 4 aromatic rings. The minimum absolute atomic E-state index is 0.0900. The summed E-state index contributed by atoms with van der Waals surface area (Å²) in [7, 11) is 0. The fraction of sp³-hybridized carbons (Fsp3) is 0.0556. The number of thiazole rings is 1. The van der Waals surface area contributed by atoms with Gasteiger partial charge in [-0.1, -0.05) is 46.7 Å². The fourth-order valence-corrected chi connectivity index (χ4v) is 4.30. The van der Waals surface area contributed by atoms with Crippen molar-refractivity contribution in [1.82, 2.24) is 9.38 Å². The van der Waals surface area contributed by atoms with Crippen molar-refractivity contribution in [2.24, 2.45) is 0 Å². The third-order valence-corrected chi connectivity index (χ3v) is 5.33. The Balaban J connectivity index is 1.81. The van der Waals surface area contributed by atoms with Gasteiger partial charge in [-0.15, -0.1) is 0 Å². The van der Waals surface area contributed by atoms with E-state index >= 15 is 0 Å². The number of hydrogen-bond acceptors (Lipinski definition) is 5. The lowest BCUT2D eigenvalue weighted by Crippen LogP contribution is -2.22. The highest BCUT2D eigenvalue weighted by atomic mass is 35.5. The minimum Gasteiger partial charge on any atom is -0.479 e.